The van der Waals surface area contributed by atoms with Gasteiger partial charge < -0.3 is 19.8 Å². The Morgan fingerprint density at radius 2 is 1.85 bits per heavy atom. The number of carbonyl (C=O) groups is 2. The third-order valence-electron chi connectivity index (χ3n) is 5.27. The number of ketones is 1. The molecule has 0 saturated carbocycles. The van der Waals surface area contributed by atoms with Gasteiger partial charge >= 0.3 is 0 Å². The highest BCUT2D eigenvalue weighted by Gasteiger charge is 2.46. The molecule has 1 amide bonds. The topological polar surface area (TPSA) is 100.0 Å². The van der Waals surface area contributed by atoms with E-state index >= 15 is 0 Å². The van der Waals surface area contributed by atoms with E-state index < -0.39 is 23.5 Å². The van der Waals surface area contributed by atoms with Crippen LogP contribution < -0.4 is 4.74 Å². The van der Waals surface area contributed by atoms with Gasteiger partial charge in [0.2, 0.25) is 0 Å². The summed E-state index contributed by atoms with van der Waals surface area (Å²) in [5, 5.41) is 21.3. The minimum absolute atomic E-state index is 0.0173. The average molecular weight is 485 g/mol. The van der Waals surface area contributed by atoms with Crippen LogP contribution >= 0.6 is 23.2 Å². The molecule has 168 valence electrons. The molecule has 0 spiro atoms. The van der Waals surface area contributed by atoms with E-state index in [0.717, 1.165) is 0 Å². The van der Waals surface area contributed by atoms with Gasteiger partial charge in [0.15, 0.2) is 0 Å². The molecule has 33 heavy (non-hydrogen) atoms. The summed E-state index contributed by atoms with van der Waals surface area (Å²) >= 11 is 12.3. The molecule has 1 atom stereocenters. The number of likely N-dealkylation sites (tertiary alicyclic amines) is 1. The van der Waals surface area contributed by atoms with E-state index in [1.165, 1.54) is 36.3 Å². The number of phenolic OH excluding ortho intramolecular Hbond substituents is 1. The molecule has 4 rings (SSSR count). The van der Waals surface area contributed by atoms with E-state index in [4.69, 9.17) is 27.9 Å². The Kier molecular flexibility index (Phi) is 6.26. The van der Waals surface area contributed by atoms with Gasteiger partial charge in [-0.15, -0.1) is 0 Å². The number of halogens is 2. The molecule has 1 aliphatic rings. The Labute approximate surface area is 199 Å². The lowest BCUT2D eigenvalue weighted by molar-refractivity contribution is -0.140. The Morgan fingerprint density at radius 1 is 1.12 bits per heavy atom. The molecular formula is C24H18Cl2N2O5. The Balaban J connectivity index is 1.93. The maximum Gasteiger partial charge on any atom is 0.296 e. The van der Waals surface area contributed by atoms with Crippen molar-refractivity contribution >= 4 is 40.7 Å². The predicted molar refractivity (Wildman–Crippen MR) is 123 cm³/mol. The van der Waals surface area contributed by atoms with E-state index in [2.05, 4.69) is 4.98 Å². The molecule has 3 aromatic rings. The first-order valence-electron chi connectivity index (χ1n) is 9.82. The first-order valence-corrected chi connectivity index (χ1v) is 10.6. The average Bonchev–Trinajstić information content (AvgIpc) is 3.04. The number of aromatic hydroxyl groups is 1. The molecule has 0 radical (unpaired) electrons. The van der Waals surface area contributed by atoms with Gasteiger partial charge in [-0.05, 0) is 42.0 Å². The third kappa shape index (κ3) is 4.25. The number of carbonyl (C=O) groups excluding carboxylic acids is 2. The molecule has 1 aromatic heterocycles. The van der Waals surface area contributed by atoms with E-state index in [9.17, 15) is 19.8 Å². The number of benzene rings is 2. The van der Waals surface area contributed by atoms with Crippen molar-refractivity contribution in [2.75, 3.05) is 7.11 Å². The summed E-state index contributed by atoms with van der Waals surface area (Å²) in [5.41, 5.74) is 0.996. The van der Waals surface area contributed by atoms with Crippen LogP contribution in [-0.2, 0) is 16.1 Å². The lowest BCUT2D eigenvalue weighted by atomic mass is 9.95. The molecule has 1 aliphatic heterocycles. The summed E-state index contributed by atoms with van der Waals surface area (Å²) in [6, 6.07) is 13.2. The van der Waals surface area contributed by atoms with Gasteiger partial charge in [-0.3, -0.25) is 14.6 Å². The number of aliphatic hydroxyl groups excluding tert-OH is 1. The van der Waals surface area contributed by atoms with Crippen LogP contribution in [0, 0.1) is 0 Å². The van der Waals surface area contributed by atoms with Gasteiger partial charge in [-0.1, -0.05) is 41.4 Å². The van der Waals surface area contributed by atoms with Crippen LogP contribution in [0.25, 0.3) is 5.76 Å². The summed E-state index contributed by atoms with van der Waals surface area (Å²) in [7, 11) is 1.36. The molecule has 2 aromatic carbocycles. The largest absolute Gasteiger partial charge is 0.508 e. The Bertz CT molecular complexity index is 1260. The van der Waals surface area contributed by atoms with Crippen molar-refractivity contribution in [1.29, 1.82) is 0 Å². The SMILES string of the molecule is COc1c(Cl)cc(Cl)cc1/C(O)=C1\C(=O)C(=O)N(Cc2ccccn2)C1c1ccc(O)cc1. The van der Waals surface area contributed by atoms with E-state index in [1.807, 2.05) is 0 Å². The maximum absolute atomic E-state index is 13.2. The van der Waals surface area contributed by atoms with Crippen molar-refractivity contribution in [2.45, 2.75) is 12.6 Å². The van der Waals surface area contributed by atoms with Crippen LogP contribution in [0.1, 0.15) is 22.9 Å². The Morgan fingerprint density at radius 3 is 2.48 bits per heavy atom. The molecule has 0 aliphatic carbocycles. The summed E-state index contributed by atoms with van der Waals surface area (Å²) in [6.45, 7) is 0.0289. The van der Waals surface area contributed by atoms with Crippen molar-refractivity contribution in [2.24, 2.45) is 0 Å². The fraction of sp³-hybridized carbons (Fsp3) is 0.125. The van der Waals surface area contributed by atoms with E-state index in [-0.39, 0.29) is 39.2 Å². The molecule has 9 heteroatoms. The van der Waals surface area contributed by atoms with Crippen LogP contribution in [0.2, 0.25) is 10.0 Å². The smallest absolute Gasteiger partial charge is 0.296 e. The van der Waals surface area contributed by atoms with Crippen LogP contribution in [0.3, 0.4) is 0 Å². The molecule has 0 bridgehead atoms. The van der Waals surface area contributed by atoms with Crippen molar-refractivity contribution in [3.8, 4) is 11.5 Å². The van der Waals surface area contributed by atoms with Crippen LogP contribution in [0.4, 0.5) is 0 Å². The highest BCUT2D eigenvalue weighted by Crippen LogP contribution is 2.43. The molecule has 2 heterocycles. The molecule has 1 fully saturated rings. The minimum Gasteiger partial charge on any atom is -0.508 e. The van der Waals surface area contributed by atoms with Crippen LogP contribution in [0.15, 0.2) is 66.4 Å². The monoisotopic (exact) mass is 484 g/mol. The first-order chi connectivity index (χ1) is 15.8. The Hall–Kier alpha value is -3.55. The number of Topliss-reactive ketones (excluding diaryl/α,β-unsaturated/α-hetero) is 1. The van der Waals surface area contributed by atoms with Gasteiger partial charge in [-0.25, -0.2) is 0 Å². The summed E-state index contributed by atoms with van der Waals surface area (Å²) in [5.74, 6) is -2.02. The second-order valence-corrected chi connectivity index (χ2v) is 8.15. The van der Waals surface area contributed by atoms with Gasteiger partial charge in [0.05, 0.1) is 41.5 Å². The fourth-order valence-electron chi connectivity index (χ4n) is 3.80. The van der Waals surface area contributed by atoms with Crippen LogP contribution in [-0.4, -0.2) is 38.9 Å². The zero-order valence-electron chi connectivity index (χ0n) is 17.3. The lowest BCUT2D eigenvalue weighted by Gasteiger charge is -2.25. The zero-order valence-corrected chi connectivity index (χ0v) is 18.8. The molecular weight excluding hydrogens is 467 g/mol. The van der Waals surface area contributed by atoms with Gasteiger partial charge in [0.1, 0.15) is 17.3 Å². The van der Waals surface area contributed by atoms with Gasteiger partial charge in [0.25, 0.3) is 11.7 Å². The van der Waals surface area contributed by atoms with Crippen molar-refractivity contribution in [3.05, 3.63) is 93.2 Å². The molecule has 7 nitrogen and oxygen atoms in total. The van der Waals surface area contributed by atoms with Crippen molar-refractivity contribution in [3.63, 3.8) is 0 Å². The number of ether oxygens (including phenoxy) is 1. The summed E-state index contributed by atoms with van der Waals surface area (Å²) < 4.78 is 5.32. The maximum atomic E-state index is 13.2. The number of methoxy groups -OCH3 is 1. The van der Waals surface area contributed by atoms with E-state index in [0.29, 0.717) is 11.3 Å². The molecule has 1 unspecified atom stereocenters. The molecule has 2 N–H and O–H groups in total. The summed E-state index contributed by atoms with van der Waals surface area (Å²) in [4.78, 5) is 31.8. The second kappa shape index (κ2) is 9.13. The number of nitrogens with zero attached hydrogens (tertiary/aromatic N) is 2. The first kappa shape index (κ1) is 22.6. The van der Waals surface area contributed by atoms with Crippen molar-refractivity contribution < 1.29 is 24.5 Å². The second-order valence-electron chi connectivity index (χ2n) is 7.31. The van der Waals surface area contributed by atoms with Gasteiger partial charge in [-0.2, -0.15) is 0 Å². The quantitative estimate of drug-likeness (QED) is 0.308. The summed E-state index contributed by atoms with van der Waals surface area (Å²) in [6.07, 6.45) is 1.58. The number of phenols is 1. The lowest BCUT2D eigenvalue weighted by Crippen LogP contribution is -2.29. The number of aliphatic hydroxyl groups is 1. The third-order valence-corrected chi connectivity index (χ3v) is 5.77. The normalized spacial score (nSPS) is 17.4. The fourth-order valence-corrected chi connectivity index (χ4v) is 4.37. The highest BCUT2D eigenvalue weighted by molar-refractivity contribution is 6.46. The number of hydrogen-bond donors (Lipinski definition) is 2. The number of rotatable bonds is 5. The molecule has 1 saturated heterocycles. The van der Waals surface area contributed by atoms with Crippen LogP contribution in [0.5, 0.6) is 11.5 Å². The predicted octanol–water partition coefficient (Wildman–Crippen LogP) is 4.72. The highest BCUT2D eigenvalue weighted by atomic mass is 35.5. The number of amides is 1. The number of hydrogen-bond acceptors (Lipinski definition) is 6. The minimum atomic E-state index is -0.949. The van der Waals surface area contributed by atoms with Crippen molar-refractivity contribution in [1.82, 2.24) is 9.88 Å². The van der Waals surface area contributed by atoms with Gasteiger partial charge in [0, 0.05) is 11.2 Å². The standard InChI is InChI=1S/C24H18Cl2N2O5/c1-33-23-17(10-14(25)11-18(23)26)21(30)19-20(13-5-7-16(29)8-6-13)28(24(32)22(19)31)12-15-4-2-3-9-27-15/h2-11,20,29-30H,12H2,1H3/b21-19+. The number of pyridine rings is 1. The van der Waals surface area contributed by atoms with E-state index in [1.54, 1.807) is 36.5 Å². The number of aromatic nitrogens is 1. The zero-order chi connectivity index (χ0) is 23.7.